The van der Waals surface area contributed by atoms with Crippen molar-refractivity contribution in [2.75, 3.05) is 32.8 Å². The first-order valence-electron chi connectivity index (χ1n) is 7.42. The minimum absolute atomic E-state index is 0.153. The van der Waals surface area contributed by atoms with Crippen LogP contribution in [-0.4, -0.2) is 51.1 Å². The Morgan fingerprint density at radius 3 is 2.74 bits per heavy atom. The monoisotopic (exact) mass is 337 g/mol. The van der Waals surface area contributed by atoms with Gasteiger partial charge in [0.05, 0.1) is 25.5 Å². The van der Waals surface area contributed by atoms with Crippen LogP contribution in [0.1, 0.15) is 11.8 Å². The lowest BCUT2D eigenvalue weighted by Gasteiger charge is -2.33. The summed E-state index contributed by atoms with van der Waals surface area (Å²) in [7, 11) is -3.60. The molecule has 1 aliphatic heterocycles. The number of sulfonamides is 1. The maximum atomic E-state index is 12.4. The Labute approximate surface area is 135 Å². The zero-order chi connectivity index (χ0) is 16.1. The van der Waals surface area contributed by atoms with E-state index < -0.39 is 10.0 Å². The summed E-state index contributed by atoms with van der Waals surface area (Å²) in [5.74, 6) is 0.737. The van der Waals surface area contributed by atoms with Crippen molar-refractivity contribution in [2.24, 2.45) is 0 Å². The minimum atomic E-state index is -3.60. The minimum Gasteiger partial charge on any atom is -0.468 e. The van der Waals surface area contributed by atoms with Gasteiger partial charge in [0.25, 0.3) is 0 Å². The molecule has 0 radical (unpaired) electrons. The Morgan fingerprint density at radius 2 is 2.09 bits per heavy atom. The number of rotatable bonds is 6. The summed E-state index contributed by atoms with van der Waals surface area (Å²) >= 11 is 0. The van der Waals surface area contributed by atoms with Gasteiger partial charge < -0.3 is 9.15 Å². The summed E-state index contributed by atoms with van der Waals surface area (Å²) in [5.41, 5.74) is 0. The molecule has 3 rings (SSSR count). The average Bonchev–Trinajstić information content (AvgIpc) is 3.11. The number of hydrogen-bond donors (Lipinski definition) is 1. The summed E-state index contributed by atoms with van der Waals surface area (Å²) < 4.78 is 38.2. The maximum absolute atomic E-state index is 12.4. The molecule has 2 aromatic rings. The first kappa shape index (κ1) is 16.1. The molecule has 0 aliphatic carbocycles. The number of aromatic nitrogens is 1. The smallest absolute Gasteiger partial charge is 0.242 e. The van der Waals surface area contributed by atoms with E-state index in [2.05, 4.69) is 14.6 Å². The van der Waals surface area contributed by atoms with Crippen molar-refractivity contribution in [1.82, 2.24) is 14.6 Å². The van der Waals surface area contributed by atoms with Gasteiger partial charge in [-0.1, -0.05) is 0 Å². The zero-order valence-electron chi connectivity index (χ0n) is 12.6. The van der Waals surface area contributed by atoms with Gasteiger partial charge in [0.2, 0.25) is 10.0 Å². The third-order valence-corrected chi connectivity index (χ3v) is 5.18. The molecule has 1 saturated heterocycles. The third-order valence-electron chi connectivity index (χ3n) is 3.77. The van der Waals surface area contributed by atoms with Gasteiger partial charge in [-0.2, -0.15) is 0 Å². The Kier molecular flexibility index (Phi) is 5.06. The number of furan rings is 1. The standard InChI is InChI=1S/C15H19N3O4S/c19-23(20,13-3-1-5-16-11-13)17-12-14(15-4-2-8-22-15)18-6-9-21-10-7-18/h1-5,8,11,14,17H,6-7,9-10,12H2. The van der Waals surface area contributed by atoms with Crippen molar-refractivity contribution >= 4 is 10.0 Å². The fourth-order valence-electron chi connectivity index (χ4n) is 2.56. The van der Waals surface area contributed by atoms with Crippen LogP contribution >= 0.6 is 0 Å². The van der Waals surface area contributed by atoms with Crippen LogP contribution in [-0.2, 0) is 14.8 Å². The number of nitrogens with one attached hydrogen (secondary N) is 1. The van der Waals surface area contributed by atoms with Crippen LogP contribution in [0.25, 0.3) is 0 Å². The van der Waals surface area contributed by atoms with Crippen molar-refractivity contribution in [3.05, 3.63) is 48.7 Å². The lowest BCUT2D eigenvalue weighted by atomic mass is 10.2. The Hall–Kier alpha value is -1.74. The quantitative estimate of drug-likeness (QED) is 0.847. The topological polar surface area (TPSA) is 84.7 Å². The van der Waals surface area contributed by atoms with Gasteiger partial charge in [0.15, 0.2) is 0 Å². The SMILES string of the molecule is O=S(=O)(NCC(c1ccco1)N1CCOCC1)c1cccnc1. The van der Waals surface area contributed by atoms with E-state index in [1.54, 1.807) is 24.6 Å². The fourth-order valence-corrected chi connectivity index (χ4v) is 3.56. The van der Waals surface area contributed by atoms with Gasteiger partial charge in [0, 0.05) is 32.0 Å². The highest BCUT2D eigenvalue weighted by molar-refractivity contribution is 7.89. The molecule has 1 atom stereocenters. The molecule has 1 unspecified atom stereocenters. The van der Waals surface area contributed by atoms with E-state index in [0.717, 1.165) is 18.8 Å². The summed E-state index contributed by atoms with van der Waals surface area (Å²) in [6, 6.07) is 6.61. The predicted octanol–water partition coefficient (Wildman–Crippen LogP) is 1.03. The second kappa shape index (κ2) is 7.22. The molecule has 124 valence electrons. The van der Waals surface area contributed by atoms with Crippen LogP contribution in [0.5, 0.6) is 0 Å². The van der Waals surface area contributed by atoms with Crippen LogP contribution < -0.4 is 4.72 Å². The molecule has 0 spiro atoms. The molecular formula is C15H19N3O4S. The Morgan fingerprint density at radius 1 is 1.26 bits per heavy atom. The van der Waals surface area contributed by atoms with Crippen molar-refractivity contribution in [1.29, 1.82) is 0 Å². The molecule has 1 N–H and O–H groups in total. The molecule has 0 bridgehead atoms. The summed E-state index contributed by atoms with van der Waals surface area (Å²) in [6.07, 6.45) is 4.47. The first-order valence-corrected chi connectivity index (χ1v) is 8.90. The summed E-state index contributed by atoms with van der Waals surface area (Å²) in [4.78, 5) is 6.17. The van der Waals surface area contributed by atoms with E-state index in [4.69, 9.17) is 9.15 Å². The third kappa shape index (κ3) is 3.97. The van der Waals surface area contributed by atoms with Crippen LogP contribution in [0.3, 0.4) is 0 Å². The molecule has 0 aromatic carbocycles. The maximum Gasteiger partial charge on any atom is 0.242 e. The molecule has 3 heterocycles. The van der Waals surface area contributed by atoms with E-state index in [9.17, 15) is 8.42 Å². The molecular weight excluding hydrogens is 318 g/mol. The van der Waals surface area contributed by atoms with E-state index in [1.807, 2.05) is 6.07 Å². The van der Waals surface area contributed by atoms with Crippen LogP contribution in [0.15, 0.2) is 52.2 Å². The second-order valence-electron chi connectivity index (χ2n) is 5.22. The highest BCUT2D eigenvalue weighted by atomic mass is 32.2. The molecule has 0 amide bonds. The predicted molar refractivity (Wildman–Crippen MR) is 83.3 cm³/mol. The second-order valence-corrected chi connectivity index (χ2v) is 6.99. The molecule has 1 fully saturated rings. The van der Waals surface area contributed by atoms with Crippen molar-refractivity contribution in [3.8, 4) is 0 Å². The van der Waals surface area contributed by atoms with Crippen molar-refractivity contribution < 1.29 is 17.6 Å². The lowest BCUT2D eigenvalue weighted by molar-refractivity contribution is 0.0128. The highest BCUT2D eigenvalue weighted by Crippen LogP contribution is 2.22. The highest BCUT2D eigenvalue weighted by Gasteiger charge is 2.26. The van der Waals surface area contributed by atoms with Crippen LogP contribution in [0.2, 0.25) is 0 Å². The largest absolute Gasteiger partial charge is 0.468 e. The van der Waals surface area contributed by atoms with Gasteiger partial charge in [-0.3, -0.25) is 9.88 Å². The molecule has 7 nitrogen and oxygen atoms in total. The number of morpholine rings is 1. The van der Waals surface area contributed by atoms with Crippen LogP contribution in [0.4, 0.5) is 0 Å². The van der Waals surface area contributed by atoms with Gasteiger partial charge in [-0.15, -0.1) is 0 Å². The van der Waals surface area contributed by atoms with Gasteiger partial charge >= 0.3 is 0 Å². The summed E-state index contributed by atoms with van der Waals surface area (Å²) in [5, 5.41) is 0. The van der Waals surface area contributed by atoms with Crippen LogP contribution in [0, 0.1) is 0 Å². The number of nitrogens with zero attached hydrogens (tertiary/aromatic N) is 2. The zero-order valence-corrected chi connectivity index (χ0v) is 13.4. The average molecular weight is 337 g/mol. The molecule has 2 aromatic heterocycles. The van der Waals surface area contributed by atoms with Crippen molar-refractivity contribution in [2.45, 2.75) is 10.9 Å². The van der Waals surface area contributed by atoms with E-state index >= 15 is 0 Å². The molecule has 8 heteroatoms. The molecule has 1 aliphatic rings. The fraction of sp³-hybridized carbons (Fsp3) is 0.400. The molecule has 0 saturated carbocycles. The van der Waals surface area contributed by atoms with E-state index in [-0.39, 0.29) is 17.5 Å². The van der Waals surface area contributed by atoms with Gasteiger partial charge in [-0.05, 0) is 24.3 Å². The van der Waals surface area contributed by atoms with Crippen molar-refractivity contribution in [3.63, 3.8) is 0 Å². The van der Waals surface area contributed by atoms with Gasteiger partial charge in [0.1, 0.15) is 10.7 Å². The lowest BCUT2D eigenvalue weighted by Crippen LogP contribution is -2.43. The number of ether oxygens (including phenoxy) is 1. The number of pyridine rings is 1. The summed E-state index contributed by atoms with van der Waals surface area (Å²) in [6.45, 7) is 2.96. The normalized spacial score (nSPS) is 17.9. The van der Waals surface area contributed by atoms with Gasteiger partial charge in [-0.25, -0.2) is 13.1 Å². The first-order chi connectivity index (χ1) is 11.2. The Balaban J connectivity index is 1.74. The number of hydrogen-bond acceptors (Lipinski definition) is 6. The van der Waals surface area contributed by atoms with E-state index in [0.29, 0.717) is 13.2 Å². The Bertz CT molecular complexity index is 698. The molecule has 23 heavy (non-hydrogen) atoms. The van der Waals surface area contributed by atoms with E-state index in [1.165, 1.54) is 12.3 Å².